The zero-order chi connectivity index (χ0) is 7.07. The van der Waals surface area contributed by atoms with Crippen molar-refractivity contribution in [1.82, 2.24) is 4.90 Å². The van der Waals surface area contributed by atoms with Gasteiger partial charge in [-0.3, -0.25) is 4.90 Å². The molecule has 0 aromatic carbocycles. The van der Waals surface area contributed by atoms with E-state index in [4.69, 9.17) is 9.84 Å². The van der Waals surface area contributed by atoms with E-state index in [9.17, 15) is 0 Å². The molecule has 0 bridgehead atoms. The maximum absolute atomic E-state index is 9.04. The Morgan fingerprint density at radius 3 is 2.33 bits per heavy atom. The molecule has 1 heterocycles. The molecule has 9 heavy (non-hydrogen) atoms. The summed E-state index contributed by atoms with van der Waals surface area (Å²) < 4.78 is 4.96. The lowest BCUT2D eigenvalue weighted by Gasteiger charge is -2.25. The smallest absolute Gasteiger partial charge is 0.216 e. The molecule has 0 amide bonds. The van der Waals surface area contributed by atoms with E-state index in [2.05, 4.69) is 0 Å². The quantitative estimate of drug-likeness (QED) is 0.502. The number of aliphatic hydroxyl groups excluding tert-OH is 1. The molecule has 0 spiro atoms. The van der Waals surface area contributed by atoms with Gasteiger partial charge < -0.3 is 9.84 Å². The van der Waals surface area contributed by atoms with Gasteiger partial charge in [-0.2, -0.15) is 0 Å². The third-order valence-electron chi connectivity index (χ3n) is 1.87. The van der Waals surface area contributed by atoms with Crippen LogP contribution in [0.3, 0.4) is 0 Å². The third-order valence-corrected chi connectivity index (χ3v) is 1.87. The minimum Gasteiger partial charge on any atom is -0.356 e. The number of ether oxygens (including phenoxy) is 1. The number of rotatable bonds is 0. The van der Waals surface area contributed by atoms with Gasteiger partial charge in [-0.1, -0.05) is 0 Å². The fraction of sp³-hybridized carbons (Fsp3) is 1.00. The molecule has 1 aliphatic heterocycles. The molecule has 0 aromatic rings. The summed E-state index contributed by atoms with van der Waals surface area (Å²) in [5.41, 5.74) is -0.0145. The zero-order valence-electron chi connectivity index (χ0n) is 6.09. The summed E-state index contributed by atoms with van der Waals surface area (Å²) in [6, 6.07) is 0. The van der Waals surface area contributed by atoms with Gasteiger partial charge in [0.25, 0.3) is 0 Å². The van der Waals surface area contributed by atoms with Crippen molar-refractivity contribution in [2.45, 2.75) is 25.8 Å². The summed E-state index contributed by atoms with van der Waals surface area (Å²) in [7, 11) is 1.84. The molecule has 1 rings (SSSR count). The average Bonchev–Trinajstić information content (AvgIpc) is 1.97. The topological polar surface area (TPSA) is 32.7 Å². The molecule has 0 radical (unpaired) electrons. The van der Waals surface area contributed by atoms with Crippen LogP contribution < -0.4 is 0 Å². The minimum atomic E-state index is -0.708. The Morgan fingerprint density at radius 1 is 1.67 bits per heavy atom. The van der Waals surface area contributed by atoms with E-state index in [0.717, 1.165) is 0 Å². The number of likely N-dealkylation sites (N-methyl/N-ethyl adjacent to an activating group) is 1. The maximum atomic E-state index is 9.04. The van der Waals surface area contributed by atoms with Gasteiger partial charge in [0.2, 0.25) is 6.41 Å². The fourth-order valence-corrected chi connectivity index (χ4v) is 0.791. The van der Waals surface area contributed by atoms with Gasteiger partial charge in [-0.25, -0.2) is 0 Å². The Balaban J connectivity index is 2.62. The van der Waals surface area contributed by atoms with Crippen LogP contribution in [0.15, 0.2) is 0 Å². The highest BCUT2D eigenvalue weighted by Crippen LogP contribution is 2.22. The zero-order valence-corrected chi connectivity index (χ0v) is 6.09. The summed E-state index contributed by atoms with van der Waals surface area (Å²) >= 11 is 0. The summed E-state index contributed by atoms with van der Waals surface area (Å²) in [6.07, 6.45) is -0.708. The van der Waals surface area contributed by atoms with Gasteiger partial charge in [0.15, 0.2) is 0 Å². The lowest BCUT2D eigenvalue weighted by Crippen LogP contribution is -2.40. The summed E-state index contributed by atoms with van der Waals surface area (Å²) in [5, 5.41) is 9.04. The number of hydrogen-bond acceptors (Lipinski definition) is 3. The van der Waals surface area contributed by atoms with Crippen molar-refractivity contribution in [3.05, 3.63) is 0 Å². The fourth-order valence-electron chi connectivity index (χ4n) is 0.791. The van der Waals surface area contributed by atoms with Crippen LogP contribution in [0.1, 0.15) is 13.8 Å². The van der Waals surface area contributed by atoms with Crippen LogP contribution in [0, 0.1) is 0 Å². The van der Waals surface area contributed by atoms with Crippen molar-refractivity contribution in [2.24, 2.45) is 0 Å². The molecule has 1 aliphatic rings. The number of hydrogen-bond donors (Lipinski definition) is 1. The van der Waals surface area contributed by atoms with E-state index >= 15 is 0 Å². The van der Waals surface area contributed by atoms with Gasteiger partial charge >= 0.3 is 0 Å². The first-order valence-electron chi connectivity index (χ1n) is 3.07. The lowest BCUT2D eigenvalue weighted by molar-refractivity contribution is -0.130. The molecular weight excluding hydrogens is 118 g/mol. The van der Waals surface area contributed by atoms with Gasteiger partial charge in [0.1, 0.15) is 0 Å². The largest absolute Gasteiger partial charge is 0.356 e. The predicted octanol–water partition coefficient (Wildman–Crippen LogP) is 0.00290. The monoisotopic (exact) mass is 131 g/mol. The Bertz CT molecular complexity index is 114. The van der Waals surface area contributed by atoms with Crippen LogP contribution in [0.5, 0.6) is 0 Å². The highest BCUT2D eigenvalue weighted by Gasteiger charge is 2.36. The molecule has 3 heteroatoms. The second-order valence-corrected chi connectivity index (χ2v) is 3.06. The van der Waals surface area contributed by atoms with Crippen LogP contribution in [0.2, 0.25) is 0 Å². The molecular formula is C6H13NO2. The van der Waals surface area contributed by atoms with Crippen molar-refractivity contribution in [3.63, 3.8) is 0 Å². The standard InChI is InChI=1S/C6H13NO2/c1-6(2)4-9-5(8)7(6)3/h5,8H,4H2,1-3H3. The maximum Gasteiger partial charge on any atom is 0.216 e. The molecule has 1 fully saturated rings. The normalized spacial score (nSPS) is 35.3. The number of nitrogens with zero attached hydrogens (tertiary/aromatic N) is 1. The van der Waals surface area contributed by atoms with Crippen LogP contribution in [-0.2, 0) is 4.74 Å². The summed E-state index contributed by atoms with van der Waals surface area (Å²) in [5.74, 6) is 0. The second-order valence-electron chi connectivity index (χ2n) is 3.06. The molecule has 54 valence electrons. The van der Waals surface area contributed by atoms with Crippen molar-refractivity contribution in [1.29, 1.82) is 0 Å². The first kappa shape index (κ1) is 6.99. The van der Waals surface area contributed by atoms with Gasteiger partial charge in [-0.15, -0.1) is 0 Å². The van der Waals surface area contributed by atoms with E-state index in [-0.39, 0.29) is 5.54 Å². The SMILES string of the molecule is CN1C(O)OCC1(C)C. The van der Waals surface area contributed by atoms with Crippen LogP contribution in [0.4, 0.5) is 0 Å². The van der Waals surface area contributed by atoms with Crippen LogP contribution in [-0.4, -0.2) is 35.6 Å². The number of aliphatic hydroxyl groups is 1. The molecule has 0 saturated carbocycles. The predicted molar refractivity (Wildman–Crippen MR) is 33.8 cm³/mol. The highest BCUT2D eigenvalue weighted by atomic mass is 16.6. The van der Waals surface area contributed by atoms with E-state index in [1.807, 2.05) is 20.9 Å². The Kier molecular flexibility index (Phi) is 1.50. The molecule has 0 aromatic heterocycles. The van der Waals surface area contributed by atoms with E-state index in [0.29, 0.717) is 6.61 Å². The van der Waals surface area contributed by atoms with Gasteiger partial charge in [0.05, 0.1) is 6.61 Å². The Morgan fingerprint density at radius 2 is 2.22 bits per heavy atom. The summed E-state index contributed by atoms with van der Waals surface area (Å²) in [6.45, 7) is 4.66. The summed E-state index contributed by atoms with van der Waals surface area (Å²) in [4.78, 5) is 1.80. The highest BCUT2D eigenvalue weighted by molar-refractivity contribution is 4.82. The Labute approximate surface area is 55.2 Å². The van der Waals surface area contributed by atoms with E-state index in [1.54, 1.807) is 4.90 Å². The van der Waals surface area contributed by atoms with Crippen LogP contribution in [0.25, 0.3) is 0 Å². The van der Waals surface area contributed by atoms with Gasteiger partial charge in [-0.05, 0) is 20.9 Å². The molecule has 1 saturated heterocycles. The van der Waals surface area contributed by atoms with Crippen LogP contribution >= 0.6 is 0 Å². The van der Waals surface area contributed by atoms with Crippen molar-refractivity contribution >= 4 is 0 Å². The minimum absolute atomic E-state index is 0.0145. The van der Waals surface area contributed by atoms with Crippen molar-refractivity contribution in [2.75, 3.05) is 13.7 Å². The molecule has 1 unspecified atom stereocenters. The van der Waals surface area contributed by atoms with E-state index in [1.165, 1.54) is 0 Å². The van der Waals surface area contributed by atoms with Gasteiger partial charge in [0, 0.05) is 5.54 Å². The molecule has 1 N–H and O–H groups in total. The van der Waals surface area contributed by atoms with Crippen molar-refractivity contribution in [3.8, 4) is 0 Å². The molecule has 0 aliphatic carbocycles. The average molecular weight is 131 g/mol. The second kappa shape index (κ2) is 1.94. The Hall–Kier alpha value is -0.120. The third kappa shape index (κ3) is 1.08. The van der Waals surface area contributed by atoms with E-state index < -0.39 is 6.41 Å². The first-order chi connectivity index (χ1) is 4.04. The first-order valence-corrected chi connectivity index (χ1v) is 3.07. The molecule has 3 nitrogen and oxygen atoms in total. The lowest BCUT2D eigenvalue weighted by atomic mass is 10.1. The molecule has 1 atom stereocenters. The van der Waals surface area contributed by atoms with Crippen molar-refractivity contribution < 1.29 is 9.84 Å².